The standard InChI is InChI=1S/C23H21ClN4O3.C5H10O/c1-12-22(13(2)31-27-12)14-4-6-17-18(10-14)26-23(25-17)19-7-9-21(29)28(19)15-5-8-20(30-3)16(24)11-15;6-5-3-1-2-4-5/h4-6,8,10-11,19H,7,9H2,1-3H3,(H,25,26);5-6H,1-4H2/t19-;/m0./s1. The predicted molar refractivity (Wildman–Crippen MR) is 143 cm³/mol. The summed E-state index contributed by atoms with van der Waals surface area (Å²) in [5, 5.41) is 13.2. The quantitative estimate of drug-likeness (QED) is 0.326. The van der Waals surface area contributed by atoms with Gasteiger partial charge in [0.15, 0.2) is 0 Å². The first-order valence-corrected chi connectivity index (χ1v) is 13.0. The first-order valence-electron chi connectivity index (χ1n) is 12.6. The van der Waals surface area contributed by atoms with Crippen LogP contribution in [0.5, 0.6) is 5.75 Å². The molecular formula is C28H31ClN4O4. The molecule has 0 unspecified atom stereocenters. The highest BCUT2D eigenvalue weighted by molar-refractivity contribution is 6.32. The molecule has 2 aliphatic rings. The van der Waals surface area contributed by atoms with Gasteiger partial charge >= 0.3 is 0 Å². The normalized spacial score (nSPS) is 17.9. The average Bonchev–Trinajstić information content (AvgIpc) is 3.67. The molecule has 0 bridgehead atoms. The number of rotatable bonds is 4. The van der Waals surface area contributed by atoms with Crippen LogP contribution in [0, 0.1) is 13.8 Å². The third kappa shape index (κ3) is 5.08. The van der Waals surface area contributed by atoms with E-state index in [9.17, 15) is 4.79 Å². The number of aliphatic hydroxyl groups excluding tert-OH is 1. The fourth-order valence-corrected chi connectivity index (χ4v) is 5.47. The predicted octanol–water partition coefficient (Wildman–Crippen LogP) is 6.29. The Morgan fingerprint density at radius 3 is 2.54 bits per heavy atom. The second-order valence-electron chi connectivity index (χ2n) is 9.63. The van der Waals surface area contributed by atoms with Gasteiger partial charge in [-0.15, -0.1) is 0 Å². The van der Waals surface area contributed by atoms with Crippen molar-refractivity contribution in [1.29, 1.82) is 0 Å². The molecule has 2 aromatic carbocycles. The maximum atomic E-state index is 12.7. The summed E-state index contributed by atoms with van der Waals surface area (Å²) >= 11 is 6.31. The van der Waals surface area contributed by atoms with Gasteiger partial charge in [-0.25, -0.2) is 4.98 Å². The van der Waals surface area contributed by atoms with E-state index in [0.29, 0.717) is 23.6 Å². The van der Waals surface area contributed by atoms with Crippen LogP contribution in [0.3, 0.4) is 0 Å². The van der Waals surface area contributed by atoms with Gasteiger partial charge in [-0.1, -0.05) is 35.7 Å². The number of methoxy groups -OCH3 is 1. The number of hydrogen-bond acceptors (Lipinski definition) is 6. The molecular weight excluding hydrogens is 492 g/mol. The van der Waals surface area contributed by atoms with Gasteiger partial charge in [0.1, 0.15) is 17.3 Å². The molecule has 37 heavy (non-hydrogen) atoms. The summed E-state index contributed by atoms with van der Waals surface area (Å²) in [6.45, 7) is 3.83. The van der Waals surface area contributed by atoms with Crippen molar-refractivity contribution in [2.24, 2.45) is 0 Å². The number of benzene rings is 2. The van der Waals surface area contributed by atoms with Crippen molar-refractivity contribution in [2.75, 3.05) is 12.0 Å². The molecule has 2 fully saturated rings. The fourth-order valence-electron chi connectivity index (χ4n) is 5.21. The molecule has 0 spiro atoms. The molecule has 3 heterocycles. The monoisotopic (exact) mass is 522 g/mol. The minimum atomic E-state index is -0.188. The number of imidazole rings is 1. The van der Waals surface area contributed by atoms with Crippen molar-refractivity contribution < 1.29 is 19.2 Å². The Hall–Kier alpha value is -3.36. The van der Waals surface area contributed by atoms with Gasteiger partial charge in [-0.3, -0.25) is 4.79 Å². The van der Waals surface area contributed by atoms with Crippen molar-refractivity contribution in [3.63, 3.8) is 0 Å². The summed E-state index contributed by atoms with van der Waals surface area (Å²) in [5.41, 5.74) is 5.33. The van der Waals surface area contributed by atoms with E-state index in [4.69, 9.17) is 31.0 Å². The lowest BCUT2D eigenvalue weighted by molar-refractivity contribution is -0.117. The Morgan fingerprint density at radius 1 is 1.14 bits per heavy atom. The van der Waals surface area contributed by atoms with Gasteiger partial charge in [0.25, 0.3) is 0 Å². The van der Waals surface area contributed by atoms with Crippen molar-refractivity contribution >= 4 is 34.2 Å². The van der Waals surface area contributed by atoms with Crippen LogP contribution in [-0.4, -0.2) is 39.4 Å². The zero-order valence-electron chi connectivity index (χ0n) is 21.3. The molecule has 1 atom stereocenters. The molecule has 1 aliphatic heterocycles. The second kappa shape index (κ2) is 10.6. The average molecular weight is 523 g/mol. The number of carbonyl (C=O) groups excluding carboxylic acids is 1. The molecule has 8 nitrogen and oxygen atoms in total. The largest absolute Gasteiger partial charge is 0.495 e. The van der Waals surface area contributed by atoms with Crippen LogP contribution in [-0.2, 0) is 4.79 Å². The van der Waals surface area contributed by atoms with Crippen LogP contribution in [0.2, 0.25) is 5.02 Å². The Labute approximate surface area is 220 Å². The Kier molecular flexibility index (Phi) is 7.22. The first kappa shape index (κ1) is 25.3. The molecule has 194 valence electrons. The van der Waals surface area contributed by atoms with E-state index in [0.717, 1.165) is 58.0 Å². The molecule has 1 saturated heterocycles. The van der Waals surface area contributed by atoms with E-state index in [1.807, 2.05) is 38.1 Å². The number of nitrogens with zero attached hydrogens (tertiary/aromatic N) is 3. The third-order valence-electron chi connectivity index (χ3n) is 7.09. The number of aromatic nitrogens is 3. The highest BCUT2D eigenvalue weighted by Gasteiger charge is 2.35. The van der Waals surface area contributed by atoms with E-state index in [-0.39, 0.29) is 18.1 Å². The molecule has 1 saturated carbocycles. The number of aliphatic hydroxyl groups is 1. The summed E-state index contributed by atoms with van der Waals surface area (Å²) in [6.07, 6.45) is 5.74. The highest BCUT2D eigenvalue weighted by Crippen LogP contribution is 2.39. The topological polar surface area (TPSA) is 104 Å². The highest BCUT2D eigenvalue weighted by atomic mass is 35.5. The number of amides is 1. The van der Waals surface area contributed by atoms with Crippen LogP contribution >= 0.6 is 11.6 Å². The lowest BCUT2D eigenvalue weighted by Gasteiger charge is -2.24. The summed E-state index contributed by atoms with van der Waals surface area (Å²) in [5.74, 6) is 2.15. The summed E-state index contributed by atoms with van der Waals surface area (Å²) in [6, 6.07) is 11.2. The summed E-state index contributed by atoms with van der Waals surface area (Å²) < 4.78 is 10.5. The van der Waals surface area contributed by atoms with E-state index >= 15 is 0 Å². The van der Waals surface area contributed by atoms with E-state index in [2.05, 4.69) is 10.1 Å². The molecule has 0 radical (unpaired) electrons. The van der Waals surface area contributed by atoms with Gasteiger partial charge in [-0.05, 0) is 69.0 Å². The number of hydrogen-bond donors (Lipinski definition) is 2. The third-order valence-corrected chi connectivity index (χ3v) is 7.38. The van der Waals surface area contributed by atoms with Gasteiger partial charge in [0.05, 0.1) is 41.0 Å². The molecule has 2 aromatic heterocycles. The minimum absolute atomic E-state index is 0.0445. The first-order chi connectivity index (χ1) is 17.9. The number of ether oxygens (including phenoxy) is 1. The van der Waals surface area contributed by atoms with Crippen LogP contribution in [0.25, 0.3) is 22.2 Å². The molecule has 4 aromatic rings. The fraction of sp³-hybridized carbons (Fsp3) is 0.393. The number of H-pyrrole nitrogens is 1. The van der Waals surface area contributed by atoms with Crippen LogP contribution in [0.4, 0.5) is 5.69 Å². The zero-order valence-corrected chi connectivity index (χ0v) is 22.0. The molecule has 6 rings (SSSR count). The number of nitrogens with one attached hydrogen (secondary N) is 1. The Balaban J connectivity index is 0.000000412. The number of fused-ring (bicyclic) bond motifs is 1. The second-order valence-corrected chi connectivity index (χ2v) is 10.0. The van der Waals surface area contributed by atoms with Crippen molar-refractivity contribution in [1.82, 2.24) is 15.1 Å². The van der Waals surface area contributed by atoms with Crippen LogP contribution in [0.1, 0.15) is 61.8 Å². The number of aryl methyl sites for hydroxylation is 2. The maximum absolute atomic E-state index is 12.7. The molecule has 1 aliphatic carbocycles. The van der Waals surface area contributed by atoms with Crippen LogP contribution in [0.15, 0.2) is 40.9 Å². The van der Waals surface area contributed by atoms with E-state index < -0.39 is 0 Å². The van der Waals surface area contributed by atoms with Gasteiger partial charge in [0.2, 0.25) is 5.91 Å². The van der Waals surface area contributed by atoms with Crippen molar-refractivity contribution in [3.05, 3.63) is 58.7 Å². The van der Waals surface area contributed by atoms with E-state index in [1.165, 1.54) is 12.8 Å². The number of carbonyl (C=O) groups is 1. The minimum Gasteiger partial charge on any atom is -0.495 e. The SMILES string of the molecule is COc1ccc(N2C(=O)CC[C@H]2c2nc3ccc(-c4c(C)noc4C)cc3[nH]2)cc1Cl.OC1CCCC1. The Bertz CT molecular complexity index is 1400. The summed E-state index contributed by atoms with van der Waals surface area (Å²) in [7, 11) is 1.57. The van der Waals surface area contributed by atoms with Crippen molar-refractivity contribution in [2.45, 2.75) is 64.5 Å². The summed E-state index contributed by atoms with van der Waals surface area (Å²) in [4.78, 5) is 22.7. The Morgan fingerprint density at radius 2 is 1.92 bits per heavy atom. The van der Waals surface area contributed by atoms with E-state index in [1.54, 1.807) is 24.1 Å². The lowest BCUT2D eigenvalue weighted by Crippen LogP contribution is -2.27. The number of anilines is 1. The molecule has 1 amide bonds. The smallest absolute Gasteiger partial charge is 0.227 e. The zero-order chi connectivity index (χ0) is 26.1. The number of halogens is 1. The lowest BCUT2D eigenvalue weighted by atomic mass is 10.0. The van der Waals surface area contributed by atoms with Crippen LogP contribution < -0.4 is 9.64 Å². The molecule has 2 N–H and O–H groups in total. The number of aromatic amines is 1. The maximum Gasteiger partial charge on any atom is 0.227 e. The van der Waals surface area contributed by atoms with Gasteiger partial charge < -0.3 is 24.3 Å². The van der Waals surface area contributed by atoms with Gasteiger partial charge in [-0.2, -0.15) is 0 Å². The van der Waals surface area contributed by atoms with Crippen molar-refractivity contribution in [3.8, 4) is 16.9 Å². The van der Waals surface area contributed by atoms with Gasteiger partial charge in [0, 0.05) is 17.7 Å². The molecule has 9 heteroatoms.